The van der Waals surface area contributed by atoms with Crippen LogP contribution in [-0.4, -0.2) is 51.0 Å². The summed E-state index contributed by atoms with van der Waals surface area (Å²) < 4.78 is 38.8. The molecule has 1 N–H and O–H groups in total. The molecule has 2 aromatic carbocycles. The summed E-state index contributed by atoms with van der Waals surface area (Å²) in [6.07, 6.45) is 0.414. The molecular formula is C19H20N2O5S. The second kappa shape index (κ2) is 7.21. The molecule has 8 heteroatoms. The van der Waals surface area contributed by atoms with Gasteiger partial charge in [0.25, 0.3) is 5.91 Å². The number of carbonyl (C=O) groups is 1. The van der Waals surface area contributed by atoms with E-state index in [9.17, 15) is 13.2 Å². The Labute approximate surface area is 157 Å². The summed E-state index contributed by atoms with van der Waals surface area (Å²) in [5.41, 5.74) is 0.241. The zero-order valence-corrected chi connectivity index (χ0v) is 15.4. The molecule has 2 aliphatic rings. The van der Waals surface area contributed by atoms with Crippen LogP contribution < -0.4 is 14.8 Å². The van der Waals surface area contributed by atoms with Crippen LogP contribution in [0.2, 0.25) is 0 Å². The van der Waals surface area contributed by atoms with Gasteiger partial charge in [-0.3, -0.25) is 4.79 Å². The van der Waals surface area contributed by atoms with Crippen molar-refractivity contribution in [2.75, 3.05) is 26.2 Å². The van der Waals surface area contributed by atoms with Crippen LogP contribution in [0.3, 0.4) is 0 Å². The van der Waals surface area contributed by atoms with E-state index in [0.717, 1.165) is 5.75 Å². The maximum Gasteiger partial charge on any atom is 0.255 e. The summed E-state index contributed by atoms with van der Waals surface area (Å²) >= 11 is 0. The van der Waals surface area contributed by atoms with E-state index in [2.05, 4.69) is 5.32 Å². The third-order valence-electron chi connectivity index (χ3n) is 4.63. The Hall–Kier alpha value is -2.58. The monoisotopic (exact) mass is 388 g/mol. The van der Waals surface area contributed by atoms with Gasteiger partial charge in [-0.15, -0.1) is 0 Å². The van der Waals surface area contributed by atoms with Gasteiger partial charge in [0.05, 0.1) is 23.5 Å². The zero-order valence-electron chi connectivity index (χ0n) is 14.6. The van der Waals surface area contributed by atoms with Gasteiger partial charge in [-0.2, -0.15) is 4.31 Å². The highest BCUT2D eigenvalue weighted by Crippen LogP contribution is 2.28. The maximum absolute atomic E-state index is 13.0. The van der Waals surface area contributed by atoms with Crippen LogP contribution in [0, 0.1) is 0 Å². The van der Waals surface area contributed by atoms with Gasteiger partial charge >= 0.3 is 0 Å². The van der Waals surface area contributed by atoms with E-state index in [0.29, 0.717) is 31.9 Å². The highest BCUT2D eigenvalue weighted by Gasteiger charge is 2.34. The molecule has 1 saturated heterocycles. The van der Waals surface area contributed by atoms with Crippen molar-refractivity contribution in [3.8, 4) is 11.5 Å². The van der Waals surface area contributed by atoms with Gasteiger partial charge in [0.1, 0.15) is 24.2 Å². The molecule has 142 valence electrons. The first-order valence-corrected chi connectivity index (χ1v) is 10.2. The molecule has 2 aliphatic heterocycles. The molecule has 4 rings (SSSR count). The second-order valence-corrected chi connectivity index (χ2v) is 8.40. The average molecular weight is 388 g/mol. The molecule has 0 aliphatic carbocycles. The summed E-state index contributed by atoms with van der Waals surface area (Å²) in [4.78, 5) is 12.2. The van der Waals surface area contributed by atoms with Gasteiger partial charge in [0.2, 0.25) is 10.0 Å². The molecule has 27 heavy (non-hydrogen) atoms. The van der Waals surface area contributed by atoms with Crippen LogP contribution in [0.25, 0.3) is 0 Å². The van der Waals surface area contributed by atoms with Crippen molar-refractivity contribution in [2.24, 2.45) is 0 Å². The van der Waals surface area contributed by atoms with E-state index in [1.54, 1.807) is 6.07 Å². The predicted molar refractivity (Wildman–Crippen MR) is 98.5 cm³/mol. The van der Waals surface area contributed by atoms with Crippen molar-refractivity contribution in [1.29, 1.82) is 0 Å². The Kier molecular flexibility index (Phi) is 4.75. The van der Waals surface area contributed by atoms with Gasteiger partial charge in [-0.25, -0.2) is 8.42 Å². The van der Waals surface area contributed by atoms with E-state index >= 15 is 0 Å². The number of hydrogen-bond donors (Lipinski definition) is 1. The van der Waals surface area contributed by atoms with Crippen LogP contribution in [0.15, 0.2) is 53.4 Å². The Morgan fingerprint density at radius 3 is 2.78 bits per heavy atom. The SMILES string of the molecule is O=C1NCCOc2ccc(S(=O)(=O)N3CC[C@@H](Oc4ccccc4)C3)cc21. The molecule has 7 nitrogen and oxygen atoms in total. The van der Waals surface area contributed by atoms with Crippen molar-refractivity contribution in [3.63, 3.8) is 0 Å². The number of fused-ring (bicyclic) bond motifs is 1. The van der Waals surface area contributed by atoms with Crippen LogP contribution in [0.5, 0.6) is 11.5 Å². The van der Waals surface area contributed by atoms with Crippen molar-refractivity contribution in [1.82, 2.24) is 9.62 Å². The zero-order chi connectivity index (χ0) is 18.9. The first-order chi connectivity index (χ1) is 13.0. The van der Waals surface area contributed by atoms with Crippen LogP contribution in [0.4, 0.5) is 0 Å². The number of para-hydroxylation sites is 1. The average Bonchev–Trinajstić information content (AvgIpc) is 3.07. The van der Waals surface area contributed by atoms with Crippen molar-refractivity contribution in [3.05, 3.63) is 54.1 Å². The van der Waals surface area contributed by atoms with Crippen molar-refractivity contribution in [2.45, 2.75) is 17.4 Å². The van der Waals surface area contributed by atoms with Crippen LogP contribution >= 0.6 is 0 Å². The Morgan fingerprint density at radius 2 is 1.96 bits per heavy atom. The maximum atomic E-state index is 13.0. The lowest BCUT2D eigenvalue weighted by atomic mass is 10.2. The molecule has 0 spiro atoms. The van der Waals surface area contributed by atoms with Gasteiger partial charge in [-0.05, 0) is 36.8 Å². The number of amides is 1. The molecule has 0 unspecified atom stereocenters. The number of sulfonamides is 1. The first-order valence-electron chi connectivity index (χ1n) is 8.81. The lowest BCUT2D eigenvalue weighted by Gasteiger charge is -2.18. The number of ether oxygens (including phenoxy) is 2. The Bertz CT molecular complexity index is 946. The Morgan fingerprint density at radius 1 is 1.15 bits per heavy atom. The number of nitrogens with one attached hydrogen (secondary N) is 1. The van der Waals surface area contributed by atoms with E-state index in [4.69, 9.17) is 9.47 Å². The fourth-order valence-electron chi connectivity index (χ4n) is 3.25. The van der Waals surface area contributed by atoms with Crippen LogP contribution in [0.1, 0.15) is 16.8 Å². The summed E-state index contributed by atoms with van der Waals surface area (Å²) in [6, 6.07) is 13.8. The summed E-state index contributed by atoms with van der Waals surface area (Å²) in [6.45, 7) is 1.40. The van der Waals surface area contributed by atoms with E-state index in [1.807, 2.05) is 30.3 Å². The molecule has 1 atom stereocenters. The lowest BCUT2D eigenvalue weighted by Crippen LogP contribution is -2.31. The fraction of sp³-hybridized carbons (Fsp3) is 0.316. The van der Waals surface area contributed by atoms with Crippen LogP contribution in [-0.2, 0) is 10.0 Å². The molecule has 0 aromatic heterocycles. The minimum absolute atomic E-state index is 0.0854. The summed E-state index contributed by atoms with van der Waals surface area (Å²) in [5, 5.41) is 2.69. The molecule has 1 fully saturated rings. The minimum atomic E-state index is -3.71. The van der Waals surface area contributed by atoms with E-state index < -0.39 is 10.0 Å². The summed E-state index contributed by atoms with van der Waals surface area (Å²) in [5.74, 6) is 0.794. The number of rotatable bonds is 4. The first kappa shape index (κ1) is 17.8. The number of benzene rings is 2. The third kappa shape index (κ3) is 3.63. The van der Waals surface area contributed by atoms with Gasteiger partial charge < -0.3 is 14.8 Å². The van der Waals surface area contributed by atoms with Gasteiger partial charge in [0.15, 0.2) is 0 Å². The smallest absolute Gasteiger partial charge is 0.255 e. The Balaban J connectivity index is 1.53. The predicted octanol–water partition coefficient (Wildman–Crippen LogP) is 1.65. The number of carbonyl (C=O) groups excluding carboxylic acids is 1. The second-order valence-electron chi connectivity index (χ2n) is 6.47. The van der Waals surface area contributed by atoms with Crippen molar-refractivity contribution < 1.29 is 22.7 Å². The standard InChI is InChI=1S/C19H20N2O5S/c22-19-17-12-16(6-7-18(17)25-11-9-20-19)27(23,24)21-10-8-15(13-21)26-14-4-2-1-3-5-14/h1-7,12,15H,8-11,13H2,(H,20,22)/t15-/m1/s1. The molecule has 2 aromatic rings. The summed E-state index contributed by atoms with van der Waals surface area (Å²) in [7, 11) is -3.71. The molecular weight excluding hydrogens is 368 g/mol. The normalized spacial score (nSPS) is 20.3. The minimum Gasteiger partial charge on any atom is -0.491 e. The largest absolute Gasteiger partial charge is 0.491 e. The third-order valence-corrected chi connectivity index (χ3v) is 6.49. The topological polar surface area (TPSA) is 84.9 Å². The van der Waals surface area contributed by atoms with Crippen molar-refractivity contribution >= 4 is 15.9 Å². The molecule has 0 saturated carbocycles. The number of hydrogen-bond acceptors (Lipinski definition) is 5. The molecule has 0 bridgehead atoms. The quantitative estimate of drug-likeness (QED) is 0.861. The fourth-order valence-corrected chi connectivity index (χ4v) is 4.76. The highest BCUT2D eigenvalue weighted by molar-refractivity contribution is 7.89. The number of nitrogens with zero attached hydrogens (tertiary/aromatic N) is 1. The molecule has 1 amide bonds. The van der Waals surface area contributed by atoms with E-state index in [1.165, 1.54) is 16.4 Å². The van der Waals surface area contributed by atoms with Gasteiger partial charge in [-0.1, -0.05) is 18.2 Å². The lowest BCUT2D eigenvalue weighted by molar-refractivity contribution is 0.0957. The molecule has 0 radical (unpaired) electrons. The van der Waals surface area contributed by atoms with E-state index in [-0.39, 0.29) is 29.0 Å². The highest BCUT2D eigenvalue weighted by atomic mass is 32.2. The molecule has 2 heterocycles. The van der Waals surface area contributed by atoms with Gasteiger partial charge in [0, 0.05) is 6.54 Å².